The van der Waals surface area contributed by atoms with Gasteiger partial charge in [0.2, 0.25) is 0 Å². The maximum Gasteiger partial charge on any atom is 0.274 e. The van der Waals surface area contributed by atoms with E-state index in [9.17, 15) is 4.79 Å². The molecular weight excluding hydrogens is 240 g/mol. The van der Waals surface area contributed by atoms with Gasteiger partial charge in [-0.3, -0.25) is 9.89 Å². The van der Waals surface area contributed by atoms with E-state index in [1.165, 1.54) is 6.42 Å². The number of hydrogen-bond acceptors (Lipinski definition) is 3. The van der Waals surface area contributed by atoms with Gasteiger partial charge < -0.3 is 11.1 Å². The average Bonchev–Trinajstić information content (AvgIpc) is 2.68. The molecule has 1 fully saturated rings. The number of aromatic nitrogens is 2. The van der Waals surface area contributed by atoms with Crippen molar-refractivity contribution in [2.45, 2.75) is 52.5 Å². The third kappa shape index (κ3) is 3.08. The van der Waals surface area contributed by atoms with Crippen molar-refractivity contribution in [3.63, 3.8) is 0 Å². The van der Waals surface area contributed by atoms with Crippen LogP contribution in [0.1, 0.15) is 56.2 Å². The molecule has 0 spiro atoms. The van der Waals surface area contributed by atoms with Crippen LogP contribution in [0.3, 0.4) is 0 Å². The van der Waals surface area contributed by atoms with Gasteiger partial charge in [-0.25, -0.2) is 0 Å². The van der Waals surface area contributed by atoms with Crippen LogP contribution in [0.25, 0.3) is 0 Å². The first kappa shape index (κ1) is 13.9. The highest BCUT2D eigenvalue weighted by atomic mass is 16.2. The summed E-state index contributed by atoms with van der Waals surface area (Å²) in [5.74, 6) is 1.17. The number of nitrogens with zero attached hydrogens (tertiary/aromatic N) is 1. The van der Waals surface area contributed by atoms with E-state index in [0.717, 1.165) is 25.0 Å². The molecule has 0 aromatic carbocycles. The third-order valence-corrected chi connectivity index (χ3v) is 3.97. The SMILES string of the molecule is CCc1[nH]nc(C(=O)NC2CC(C)CC(C)C2)c1N. The number of rotatable bonds is 3. The Morgan fingerprint density at radius 1 is 1.37 bits per heavy atom. The van der Waals surface area contributed by atoms with E-state index in [2.05, 4.69) is 29.4 Å². The van der Waals surface area contributed by atoms with Crippen LogP contribution >= 0.6 is 0 Å². The molecule has 2 unspecified atom stereocenters. The molecule has 4 N–H and O–H groups in total. The molecule has 1 aromatic rings. The normalized spacial score (nSPS) is 27.2. The van der Waals surface area contributed by atoms with Crippen molar-refractivity contribution in [1.29, 1.82) is 0 Å². The van der Waals surface area contributed by atoms with Crippen molar-refractivity contribution in [2.75, 3.05) is 5.73 Å². The van der Waals surface area contributed by atoms with Gasteiger partial charge in [0, 0.05) is 6.04 Å². The van der Waals surface area contributed by atoms with Gasteiger partial charge in [0.1, 0.15) is 0 Å². The molecule has 1 amide bonds. The number of aromatic amines is 1. The second-order valence-corrected chi connectivity index (χ2v) is 5.91. The molecule has 1 saturated carbocycles. The van der Waals surface area contributed by atoms with Crippen LogP contribution in [0.2, 0.25) is 0 Å². The Labute approximate surface area is 114 Å². The van der Waals surface area contributed by atoms with Crippen LogP contribution in [0.4, 0.5) is 5.69 Å². The quantitative estimate of drug-likeness (QED) is 0.781. The summed E-state index contributed by atoms with van der Waals surface area (Å²) in [6.45, 7) is 6.47. The highest BCUT2D eigenvalue weighted by molar-refractivity contribution is 5.97. The van der Waals surface area contributed by atoms with E-state index in [4.69, 9.17) is 5.73 Å². The van der Waals surface area contributed by atoms with Gasteiger partial charge in [0.05, 0.1) is 11.4 Å². The van der Waals surface area contributed by atoms with Crippen LogP contribution < -0.4 is 11.1 Å². The zero-order valence-electron chi connectivity index (χ0n) is 12.0. The number of aryl methyl sites for hydroxylation is 1. The zero-order valence-corrected chi connectivity index (χ0v) is 12.0. The minimum atomic E-state index is -0.153. The van der Waals surface area contributed by atoms with Gasteiger partial charge in [-0.15, -0.1) is 0 Å². The van der Waals surface area contributed by atoms with E-state index in [1.54, 1.807) is 0 Å². The Hall–Kier alpha value is -1.52. The van der Waals surface area contributed by atoms with E-state index < -0.39 is 0 Å². The lowest BCUT2D eigenvalue weighted by molar-refractivity contribution is 0.0907. The summed E-state index contributed by atoms with van der Waals surface area (Å²) in [4.78, 5) is 12.2. The molecule has 1 aliphatic carbocycles. The van der Waals surface area contributed by atoms with Gasteiger partial charge in [-0.2, -0.15) is 5.10 Å². The summed E-state index contributed by atoms with van der Waals surface area (Å²) in [6, 6.07) is 0.243. The first-order valence-corrected chi connectivity index (χ1v) is 7.14. The Morgan fingerprint density at radius 3 is 2.53 bits per heavy atom. The van der Waals surface area contributed by atoms with Crippen LogP contribution in [0.5, 0.6) is 0 Å². The van der Waals surface area contributed by atoms with Gasteiger partial charge in [0.15, 0.2) is 5.69 Å². The number of H-pyrrole nitrogens is 1. The van der Waals surface area contributed by atoms with E-state index >= 15 is 0 Å². The fraction of sp³-hybridized carbons (Fsp3) is 0.714. The molecule has 106 valence electrons. The predicted octanol–water partition coefficient (Wildman–Crippen LogP) is 2.11. The maximum absolute atomic E-state index is 12.2. The Balaban J connectivity index is 2.02. The van der Waals surface area contributed by atoms with Crippen LogP contribution in [-0.2, 0) is 6.42 Å². The molecule has 0 bridgehead atoms. The number of nitrogen functional groups attached to an aromatic ring is 1. The van der Waals surface area contributed by atoms with Crippen molar-refractivity contribution in [2.24, 2.45) is 11.8 Å². The van der Waals surface area contributed by atoms with Crippen molar-refractivity contribution >= 4 is 11.6 Å². The Morgan fingerprint density at radius 2 is 2.00 bits per heavy atom. The van der Waals surface area contributed by atoms with Crippen molar-refractivity contribution in [3.05, 3.63) is 11.4 Å². The molecule has 19 heavy (non-hydrogen) atoms. The van der Waals surface area contributed by atoms with E-state index in [0.29, 0.717) is 23.2 Å². The molecule has 0 saturated heterocycles. The number of hydrogen-bond donors (Lipinski definition) is 3. The lowest BCUT2D eigenvalue weighted by Crippen LogP contribution is -2.40. The van der Waals surface area contributed by atoms with Crippen LogP contribution in [-0.4, -0.2) is 22.1 Å². The minimum Gasteiger partial charge on any atom is -0.395 e. The van der Waals surface area contributed by atoms with Gasteiger partial charge in [-0.1, -0.05) is 20.8 Å². The molecule has 2 atom stereocenters. The van der Waals surface area contributed by atoms with Crippen molar-refractivity contribution in [1.82, 2.24) is 15.5 Å². The van der Waals surface area contributed by atoms with Gasteiger partial charge in [0.25, 0.3) is 5.91 Å². The Kier molecular flexibility index (Phi) is 4.12. The summed E-state index contributed by atoms with van der Waals surface area (Å²) >= 11 is 0. The summed E-state index contributed by atoms with van der Waals surface area (Å²) in [5, 5.41) is 9.92. The van der Waals surface area contributed by atoms with Crippen molar-refractivity contribution < 1.29 is 4.79 Å². The van der Waals surface area contributed by atoms with E-state index in [-0.39, 0.29) is 11.9 Å². The van der Waals surface area contributed by atoms with Gasteiger partial charge >= 0.3 is 0 Å². The minimum absolute atomic E-state index is 0.153. The highest BCUT2D eigenvalue weighted by Crippen LogP contribution is 2.28. The van der Waals surface area contributed by atoms with Crippen LogP contribution in [0.15, 0.2) is 0 Å². The molecule has 2 rings (SSSR count). The number of carbonyl (C=O) groups is 1. The second-order valence-electron chi connectivity index (χ2n) is 5.91. The molecule has 1 aromatic heterocycles. The van der Waals surface area contributed by atoms with Crippen molar-refractivity contribution in [3.8, 4) is 0 Å². The molecule has 5 nitrogen and oxygen atoms in total. The Bertz CT molecular complexity index is 444. The monoisotopic (exact) mass is 264 g/mol. The number of nitrogens with one attached hydrogen (secondary N) is 2. The standard InChI is InChI=1S/C14H24N4O/c1-4-11-12(15)13(18-17-11)14(19)16-10-6-8(2)5-9(3)7-10/h8-10H,4-7,15H2,1-3H3,(H,16,19)(H,17,18). The predicted molar refractivity (Wildman–Crippen MR) is 75.8 cm³/mol. The van der Waals surface area contributed by atoms with Crippen LogP contribution in [0, 0.1) is 11.8 Å². The molecular formula is C14H24N4O. The first-order valence-electron chi connectivity index (χ1n) is 7.14. The molecule has 1 aliphatic rings. The fourth-order valence-electron chi connectivity index (χ4n) is 3.15. The zero-order chi connectivity index (χ0) is 14.0. The largest absolute Gasteiger partial charge is 0.395 e. The summed E-state index contributed by atoms with van der Waals surface area (Å²) in [5.41, 5.74) is 7.57. The molecule has 1 heterocycles. The summed E-state index contributed by atoms with van der Waals surface area (Å²) in [7, 11) is 0. The number of nitrogens with two attached hydrogens (primary N) is 1. The maximum atomic E-state index is 12.2. The topological polar surface area (TPSA) is 83.8 Å². The third-order valence-electron chi connectivity index (χ3n) is 3.97. The summed E-state index contributed by atoms with van der Waals surface area (Å²) < 4.78 is 0. The molecule has 0 radical (unpaired) electrons. The smallest absolute Gasteiger partial charge is 0.274 e. The molecule has 0 aliphatic heterocycles. The number of anilines is 1. The number of amides is 1. The molecule has 5 heteroatoms. The number of carbonyl (C=O) groups excluding carboxylic acids is 1. The lowest BCUT2D eigenvalue weighted by Gasteiger charge is -2.31. The summed E-state index contributed by atoms with van der Waals surface area (Å²) in [6.07, 6.45) is 4.09. The average molecular weight is 264 g/mol. The fourth-order valence-corrected chi connectivity index (χ4v) is 3.15. The van der Waals surface area contributed by atoms with Gasteiger partial charge in [-0.05, 0) is 37.5 Å². The lowest BCUT2D eigenvalue weighted by atomic mass is 9.80. The highest BCUT2D eigenvalue weighted by Gasteiger charge is 2.26. The first-order chi connectivity index (χ1) is 9.01. The second kappa shape index (κ2) is 5.63. The van der Waals surface area contributed by atoms with E-state index in [1.807, 2.05) is 6.92 Å².